The summed E-state index contributed by atoms with van der Waals surface area (Å²) in [5, 5.41) is 276. The number of aliphatic carboxylic acids is 1. The summed E-state index contributed by atoms with van der Waals surface area (Å²) in [5.41, 5.74) is 5.33. The summed E-state index contributed by atoms with van der Waals surface area (Å²) in [7, 11) is -5.13. The molecular formula is C51H89N2O44P. The number of rotatable bonds is 30. The van der Waals surface area contributed by atoms with Crippen molar-refractivity contribution in [2.75, 3.05) is 59.4 Å². The third-order valence-corrected chi connectivity index (χ3v) is 18.1. The lowest BCUT2D eigenvalue weighted by atomic mass is 9.91. The number of ether oxygens (including phenoxy) is 13. The monoisotopic (exact) mass is 1460 g/mol. The maximum atomic E-state index is 12.7. The number of amides is 1. The number of hydrogen-bond donors (Lipinski definition) is 28. The molecule has 572 valence electrons. The zero-order chi connectivity index (χ0) is 72.9. The summed E-state index contributed by atoms with van der Waals surface area (Å²) in [4.78, 5) is 34.8. The maximum absolute atomic E-state index is 12.7. The van der Waals surface area contributed by atoms with Gasteiger partial charge in [0, 0.05) is 19.9 Å². The molecule has 7 aliphatic heterocycles. The quantitative estimate of drug-likeness (QED) is 0.0297. The van der Waals surface area contributed by atoms with Gasteiger partial charge in [-0.05, 0) is 0 Å². The molecule has 0 spiro atoms. The first-order chi connectivity index (χ1) is 46.0. The fourth-order valence-electron chi connectivity index (χ4n) is 11.7. The Hall–Kier alpha value is -2.47. The van der Waals surface area contributed by atoms with E-state index in [9.17, 15) is 147 Å². The van der Waals surface area contributed by atoms with E-state index in [0.717, 1.165) is 6.92 Å². The molecule has 1 amide bonds. The summed E-state index contributed by atoms with van der Waals surface area (Å²) >= 11 is 0. The lowest BCUT2D eigenvalue weighted by molar-refractivity contribution is -0.410. The standard InChI is InChI=1S/C51H89N2O44P/c1-12(59)53-21-24(67)22(65)18(7-56)86-44(21)95-42-29(72)27(70)36(16(63)10-83-45-32(75)30(73)40(20(9-58)88-45)93-46-31(74)25(68)23(66)19(8-57)87-46)91-49(42)96-43-28(71)26(69)35(14(61)5-54)90-48(43)94-41-33(76)37(17(64)11-85-98(81,82)84-3-2-52)89-47(34(41)77)92-38-13(60)4-51(80,50(78)79)97-39(38)15(62)6-55/h13-49,54-58,60-77,80H,2-11,52H2,1H3,(H,53,59)(H,78,79)(H,81,82)/t13-,14+,15-,16-,17+,18-,19-,20-,21-,22-,23-,24-,25+,26+,27+,28+,29+,30-,31-,32-,33-,34+,35-,36-,37-,38-,39-,40+,41+,42+,43+,44+,45-,46-,47-,48+,49-,51-/m1/s1. The van der Waals surface area contributed by atoms with E-state index >= 15 is 0 Å². The molecule has 0 bridgehead atoms. The largest absolute Gasteiger partial charge is 0.477 e. The number of carboxylic acids is 1. The molecule has 7 heterocycles. The molecular weight excluding hydrogens is 1380 g/mol. The highest BCUT2D eigenvalue weighted by Gasteiger charge is 2.61. The highest BCUT2D eigenvalue weighted by atomic mass is 31.2. The number of aliphatic hydroxyl groups is 24. The van der Waals surface area contributed by atoms with Crippen LogP contribution in [0.4, 0.5) is 0 Å². The Morgan fingerprint density at radius 2 is 0.929 bits per heavy atom. The number of phosphoric ester groups is 1. The van der Waals surface area contributed by atoms with Crippen molar-refractivity contribution in [3.63, 3.8) is 0 Å². The van der Waals surface area contributed by atoms with Crippen LogP contribution >= 0.6 is 7.82 Å². The lowest BCUT2D eigenvalue weighted by Gasteiger charge is -2.51. The fourth-order valence-corrected chi connectivity index (χ4v) is 12.5. The molecule has 0 aromatic rings. The average molecular weight is 1470 g/mol. The van der Waals surface area contributed by atoms with E-state index in [1.807, 2.05) is 0 Å². The van der Waals surface area contributed by atoms with E-state index in [4.69, 9.17) is 71.8 Å². The van der Waals surface area contributed by atoms with Gasteiger partial charge in [0.25, 0.3) is 5.79 Å². The third-order valence-electron chi connectivity index (χ3n) is 17.1. The minimum atomic E-state index is -5.13. The number of phosphoric acid groups is 1. The average Bonchev–Trinajstić information content (AvgIpc) is 0.769. The molecule has 7 aliphatic rings. The van der Waals surface area contributed by atoms with Crippen LogP contribution in [-0.4, -0.2) is 437 Å². The van der Waals surface area contributed by atoms with Crippen molar-refractivity contribution in [3.8, 4) is 0 Å². The minimum absolute atomic E-state index is 0.336. The highest BCUT2D eigenvalue weighted by molar-refractivity contribution is 7.47. The maximum Gasteiger partial charge on any atom is 0.472 e. The molecule has 29 N–H and O–H groups in total. The van der Waals surface area contributed by atoms with Gasteiger partial charge in [0.05, 0.1) is 59.0 Å². The number of carboxylic acid groups (broad SMARTS) is 1. The normalized spacial score (nSPS) is 46.9. The van der Waals surface area contributed by atoms with Gasteiger partial charge in [0.15, 0.2) is 37.7 Å². The number of hydrogen-bond acceptors (Lipinski definition) is 43. The summed E-state index contributed by atoms with van der Waals surface area (Å²) in [6.45, 7) is -8.28. The van der Waals surface area contributed by atoms with E-state index in [-0.39, 0.29) is 6.54 Å². The zero-order valence-electron chi connectivity index (χ0n) is 51.4. The second kappa shape index (κ2) is 35.5. The van der Waals surface area contributed by atoms with E-state index in [1.165, 1.54) is 0 Å². The topological polar surface area (TPSA) is 754 Å². The van der Waals surface area contributed by atoms with Gasteiger partial charge in [0.1, 0.15) is 183 Å². The highest BCUT2D eigenvalue weighted by Crippen LogP contribution is 2.44. The van der Waals surface area contributed by atoms with Gasteiger partial charge in [-0.1, -0.05) is 0 Å². The Morgan fingerprint density at radius 3 is 1.47 bits per heavy atom. The number of carbonyl (C=O) groups excluding carboxylic acids is 1. The summed E-state index contributed by atoms with van der Waals surface area (Å²) in [6.07, 6.45) is -83.0. The first kappa shape index (κ1) is 82.8. The molecule has 46 nitrogen and oxygen atoms in total. The Balaban J connectivity index is 1.24. The van der Waals surface area contributed by atoms with Crippen molar-refractivity contribution in [1.82, 2.24) is 5.32 Å². The second-order valence-electron chi connectivity index (χ2n) is 24.0. The number of nitrogens with one attached hydrogen (secondary N) is 1. The molecule has 7 saturated heterocycles. The molecule has 0 radical (unpaired) electrons. The van der Waals surface area contributed by atoms with Crippen LogP contribution in [0.5, 0.6) is 0 Å². The smallest absolute Gasteiger partial charge is 0.472 e. The van der Waals surface area contributed by atoms with Crippen molar-refractivity contribution >= 4 is 19.7 Å². The molecule has 0 aliphatic carbocycles. The van der Waals surface area contributed by atoms with Crippen LogP contribution in [0, 0.1) is 0 Å². The number of carbonyl (C=O) groups is 2. The van der Waals surface area contributed by atoms with Crippen LogP contribution in [0.25, 0.3) is 0 Å². The first-order valence-corrected chi connectivity index (χ1v) is 31.9. The van der Waals surface area contributed by atoms with E-state index in [2.05, 4.69) is 9.84 Å². The van der Waals surface area contributed by atoms with Gasteiger partial charge in [-0.25, -0.2) is 9.36 Å². The van der Waals surface area contributed by atoms with Gasteiger partial charge in [0.2, 0.25) is 5.91 Å². The molecule has 0 aromatic heterocycles. The van der Waals surface area contributed by atoms with E-state index in [0.29, 0.717) is 0 Å². The van der Waals surface area contributed by atoms with E-state index in [1.54, 1.807) is 0 Å². The van der Waals surface area contributed by atoms with Crippen molar-refractivity contribution in [3.05, 3.63) is 0 Å². The first-order valence-electron chi connectivity index (χ1n) is 30.4. The van der Waals surface area contributed by atoms with Gasteiger partial charge in [-0.2, -0.15) is 0 Å². The lowest BCUT2D eigenvalue weighted by Crippen LogP contribution is -2.70. The molecule has 7 rings (SSSR count). The van der Waals surface area contributed by atoms with Crippen LogP contribution in [0.15, 0.2) is 0 Å². The second-order valence-corrected chi connectivity index (χ2v) is 25.4. The van der Waals surface area contributed by atoms with Crippen LogP contribution in [0.1, 0.15) is 13.3 Å². The molecule has 7 fully saturated rings. The van der Waals surface area contributed by atoms with E-state index < -0.39 is 312 Å². The van der Waals surface area contributed by atoms with Gasteiger partial charge >= 0.3 is 13.8 Å². The van der Waals surface area contributed by atoms with Crippen LogP contribution < -0.4 is 11.1 Å². The number of aliphatic hydroxyl groups excluding tert-OH is 23. The van der Waals surface area contributed by atoms with Crippen molar-refractivity contribution in [2.24, 2.45) is 5.73 Å². The van der Waals surface area contributed by atoms with Crippen molar-refractivity contribution in [1.29, 1.82) is 0 Å². The molecule has 39 atom stereocenters. The van der Waals surface area contributed by atoms with Crippen molar-refractivity contribution in [2.45, 2.75) is 246 Å². The predicted molar refractivity (Wildman–Crippen MR) is 296 cm³/mol. The Labute approximate surface area is 552 Å². The van der Waals surface area contributed by atoms with Gasteiger partial charge < -0.3 is 205 Å². The molecule has 0 aromatic carbocycles. The summed E-state index contributed by atoms with van der Waals surface area (Å²) < 4.78 is 96.3. The molecule has 1 unspecified atom stereocenters. The van der Waals surface area contributed by atoms with Gasteiger partial charge in [-0.3, -0.25) is 13.8 Å². The summed E-state index contributed by atoms with van der Waals surface area (Å²) in [5.74, 6) is -6.37. The fraction of sp³-hybridized carbons (Fsp3) is 0.961. The minimum Gasteiger partial charge on any atom is -0.477 e. The molecule has 0 saturated carbocycles. The van der Waals surface area contributed by atoms with Crippen LogP contribution in [0.3, 0.4) is 0 Å². The predicted octanol–water partition coefficient (Wildman–Crippen LogP) is -18.1. The summed E-state index contributed by atoms with van der Waals surface area (Å²) in [6, 6.07) is -1.90. The molecule has 98 heavy (non-hydrogen) atoms. The van der Waals surface area contributed by atoms with Gasteiger partial charge in [-0.15, -0.1) is 0 Å². The SMILES string of the molecule is CC(=O)N[C@H]1[C@H](O[C@@H]2[C@@H](O[C@@H]3[C@H](O[C@@H]4[C@H](O)[C@@H](O[C@H]5[C@@H]([C@H](O)CO)O[C@@](O)(C(=O)O)C[C@H]5O)O[C@H]([C@@H](O)COP(=O)(O)OCCN)[C@H]4O)O[C@H]([C@@H](O)CO)[C@@H](O)[C@@H]3O)O[C@H]([C@H](O)CO[C@@H]3O[C@H](CO)[C@H](O[C@H]4O[C@H](CO)[C@@H](O)[C@H](O)[C@H]4O)[C@H](O)[C@H]3O)[C@@H](O)[C@@H]2O)O[C@H](CO)[C@@H](O)[C@@H]1O. The van der Waals surface area contributed by atoms with Crippen LogP contribution in [0.2, 0.25) is 0 Å². The zero-order valence-corrected chi connectivity index (χ0v) is 52.3. The number of nitrogens with two attached hydrogens (primary N) is 1. The Bertz CT molecular complexity index is 2530. The molecule has 47 heteroatoms. The third kappa shape index (κ3) is 18.6. The Kier molecular flexibility index (Phi) is 30.0. The van der Waals surface area contributed by atoms with Crippen molar-refractivity contribution < 1.29 is 217 Å². The Morgan fingerprint density at radius 1 is 0.490 bits per heavy atom. The van der Waals surface area contributed by atoms with Crippen LogP contribution in [-0.2, 0) is 84.8 Å².